The molecule has 0 spiro atoms. The van der Waals surface area contributed by atoms with Gasteiger partial charge in [0.05, 0.1) is 5.41 Å². The molecule has 1 fully saturated rings. The molecule has 0 saturated heterocycles. The highest BCUT2D eigenvalue weighted by molar-refractivity contribution is 5.80. The van der Waals surface area contributed by atoms with E-state index >= 15 is 0 Å². The fourth-order valence-corrected chi connectivity index (χ4v) is 1.62. The standard InChI is InChI=1S/C13H24N2O4/c1-10(2)8-19-7-3-6-14-12(18)15-9-13(4-5-13)11(16)17/h10H,3-9H2,1-2H3,(H,16,17)(H2,14,15,18). The first-order chi connectivity index (χ1) is 8.96. The van der Waals surface area contributed by atoms with E-state index in [1.54, 1.807) is 0 Å². The molecule has 1 aliphatic rings. The molecule has 0 radical (unpaired) electrons. The van der Waals surface area contributed by atoms with Gasteiger partial charge in [-0.1, -0.05) is 13.8 Å². The minimum Gasteiger partial charge on any atom is -0.481 e. The molecule has 0 aliphatic heterocycles. The van der Waals surface area contributed by atoms with Crippen molar-refractivity contribution in [3.8, 4) is 0 Å². The Morgan fingerprint density at radius 3 is 2.53 bits per heavy atom. The molecule has 0 aromatic carbocycles. The lowest BCUT2D eigenvalue weighted by atomic mass is 10.1. The third-order valence-corrected chi connectivity index (χ3v) is 3.10. The number of carboxylic acid groups (broad SMARTS) is 1. The Morgan fingerprint density at radius 1 is 1.32 bits per heavy atom. The number of rotatable bonds is 9. The maximum Gasteiger partial charge on any atom is 0.314 e. The van der Waals surface area contributed by atoms with Gasteiger partial charge in [-0.05, 0) is 25.2 Å². The maximum atomic E-state index is 11.4. The van der Waals surface area contributed by atoms with Crippen LogP contribution in [0.15, 0.2) is 0 Å². The highest BCUT2D eigenvalue weighted by Crippen LogP contribution is 2.45. The van der Waals surface area contributed by atoms with Gasteiger partial charge in [0.1, 0.15) is 0 Å². The summed E-state index contributed by atoms with van der Waals surface area (Å²) < 4.78 is 5.38. The molecule has 0 unspecified atom stereocenters. The topological polar surface area (TPSA) is 87.7 Å². The lowest BCUT2D eigenvalue weighted by Crippen LogP contribution is -2.41. The summed E-state index contributed by atoms with van der Waals surface area (Å²) in [5.41, 5.74) is -0.711. The van der Waals surface area contributed by atoms with E-state index in [0.717, 1.165) is 13.0 Å². The monoisotopic (exact) mass is 272 g/mol. The average Bonchev–Trinajstić information content (AvgIpc) is 3.12. The third kappa shape index (κ3) is 5.92. The molecule has 0 atom stereocenters. The van der Waals surface area contributed by atoms with Crippen LogP contribution in [0.2, 0.25) is 0 Å². The number of amides is 2. The summed E-state index contributed by atoms with van der Waals surface area (Å²) >= 11 is 0. The Balaban J connectivity index is 1.98. The van der Waals surface area contributed by atoms with Crippen LogP contribution in [0.3, 0.4) is 0 Å². The van der Waals surface area contributed by atoms with Gasteiger partial charge in [0, 0.05) is 26.3 Å². The van der Waals surface area contributed by atoms with E-state index in [0.29, 0.717) is 31.9 Å². The predicted molar refractivity (Wildman–Crippen MR) is 71.0 cm³/mol. The number of aliphatic carboxylic acids is 1. The van der Waals surface area contributed by atoms with Crippen LogP contribution < -0.4 is 10.6 Å². The smallest absolute Gasteiger partial charge is 0.314 e. The van der Waals surface area contributed by atoms with Gasteiger partial charge in [0.25, 0.3) is 0 Å². The zero-order chi connectivity index (χ0) is 14.3. The second-order valence-corrected chi connectivity index (χ2v) is 5.52. The van der Waals surface area contributed by atoms with Crippen molar-refractivity contribution in [1.82, 2.24) is 10.6 Å². The molecule has 19 heavy (non-hydrogen) atoms. The normalized spacial score (nSPS) is 16.2. The quantitative estimate of drug-likeness (QED) is 0.551. The lowest BCUT2D eigenvalue weighted by Gasteiger charge is -2.12. The van der Waals surface area contributed by atoms with Crippen molar-refractivity contribution in [3.05, 3.63) is 0 Å². The molecular formula is C13H24N2O4. The van der Waals surface area contributed by atoms with Gasteiger partial charge in [0.2, 0.25) is 0 Å². The van der Waals surface area contributed by atoms with Gasteiger partial charge < -0.3 is 20.5 Å². The summed E-state index contributed by atoms with van der Waals surface area (Å²) in [6.45, 7) is 6.26. The predicted octanol–water partition coefficient (Wildman–Crippen LogP) is 1.21. The van der Waals surface area contributed by atoms with Crippen molar-refractivity contribution in [2.45, 2.75) is 33.1 Å². The number of nitrogens with one attached hydrogen (secondary N) is 2. The molecule has 6 nitrogen and oxygen atoms in total. The number of urea groups is 1. The van der Waals surface area contributed by atoms with Crippen LogP contribution in [0.25, 0.3) is 0 Å². The fraction of sp³-hybridized carbons (Fsp3) is 0.846. The first-order valence-corrected chi connectivity index (χ1v) is 6.79. The molecule has 1 saturated carbocycles. The van der Waals surface area contributed by atoms with E-state index in [9.17, 15) is 9.59 Å². The van der Waals surface area contributed by atoms with Gasteiger partial charge in [0.15, 0.2) is 0 Å². The molecule has 0 heterocycles. The second kappa shape index (κ2) is 7.33. The van der Waals surface area contributed by atoms with Crippen molar-refractivity contribution >= 4 is 12.0 Å². The highest BCUT2D eigenvalue weighted by Gasteiger charge is 2.50. The van der Waals surface area contributed by atoms with Crippen LogP contribution in [0.5, 0.6) is 0 Å². The molecule has 1 rings (SSSR count). The van der Waals surface area contributed by atoms with E-state index in [2.05, 4.69) is 24.5 Å². The number of hydrogen-bond acceptors (Lipinski definition) is 3. The number of carbonyl (C=O) groups is 2. The van der Waals surface area contributed by atoms with Crippen LogP contribution in [-0.4, -0.2) is 43.4 Å². The van der Waals surface area contributed by atoms with Crippen LogP contribution in [0.4, 0.5) is 4.79 Å². The Hall–Kier alpha value is -1.30. The summed E-state index contributed by atoms with van der Waals surface area (Å²) in [5.74, 6) is -0.308. The number of hydrogen-bond donors (Lipinski definition) is 3. The van der Waals surface area contributed by atoms with E-state index in [1.807, 2.05) is 0 Å². The van der Waals surface area contributed by atoms with E-state index in [-0.39, 0.29) is 12.6 Å². The van der Waals surface area contributed by atoms with Crippen molar-refractivity contribution in [3.63, 3.8) is 0 Å². The van der Waals surface area contributed by atoms with E-state index in [4.69, 9.17) is 9.84 Å². The van der Waals surface area contributed by atoms with Crippen molar-refractivity contribution in [2.24, 2.45) is 11.3 Å². The van der Waals surface area contributed by atoms with Crippen LogP contribution in [0.1, 0.15) is 33.1 Å². The fourth-order valence-electron chi connectivity index (χ4n) is 1.62. The van der Waals surface area contributed by atoms with E-state index < -0.39 is 11.4 Å². The maximum absolute atomic E-state index is 11.4. The SMILES string of the molecule is CC(C)COCCCNC(=O)NCC1(C(=O)O)CC1. The molecule has 2 amide bonds. The largest absolute Gasteiger partial charge is 0.481 e. The molecular weight excluding hydrogens is 248 g/mol. The zero-order valence-electron chi connectivity index (χ0n) is 11.7. The molecule has 6 heteroatoms. The molecule has 110 valence electrons. The van der Waals surface area contributed by atoms with Crippen LogP contribution >= 0.6 is 0 Å². The third-order valence-electron chi connectivity index (χ3n) is 3.10. The highest BCUT2D eigenvalue weighted by atomic mass is 16.5. The number of ether oxygens (including phenoxy) is 1. The van der Waals surface area contributed by atoms with Crippen LogP contribution in [-0.2, 0) is 9.53 Å². The molecule has 0 aromatic heterocycles. The Bertz CT molecular complexity index is 314. The van der Waals surface area contributed by atoms with Gasteiger partial charge in [-0.15, -0.1) is 0 Å². The second-order valence-electron chi connectivity index (χ2n) is 5.52. The summed E-state index contributed by atoms with van der Waals surface area (Å²) in [4.78, 5) is 22.3. The Morgan fingerprint density at radius 2 is 2.00 bits per heavy atom. The summed E-state index contributed by atoms with van der Waals surface area (Å²) in [6.07, 6.45) is 2.04. The minimum absolute atomic E-state index is 0.206. The summed E-state index contributed by atoms with van der Waals surface area (Å²) in [7, 11) is 0. The first-order valence-electron chi connectivity index (χ1n) is 6.79. The van der Waals surface area contributed by atoms with Gasteiger partial charge in [-0.2, -0.15) is 0 Å². The van der Waals surface area contributed by atoms with Crippen LogP contribution in [0, 0.1) is 11.3 Å². The number of carboxylic acids is 1. The summed E-state index contributed by atoms with van der Waals surface area (Å²) in [6, 6.07) is -0.309. The molecule has 0 aromatic rings. The Labute approximate surface area is 113 Å². The van der Waals surface area contributed by atoms with Gasteiger partial charge in [-0.25, -0.2) is 4.79 Å². The van der Waals surface area contributed by atoms with Gasteiger partial charge >= 0.3 is 12.0 Å². The average molecular weight is 272 g/mol. The molecule has 1 aliphatic carbocycles. The minimum atomic E-state index is -0.824. The van der Waals surface area contributed by atoms with Crippen molar-refractivity contribution < 1.29 is 19.4 Å². The lowest BCUT2D eigenvalue weighted by molar-refractivity contribution is -0.143. The molecule has 0 bridgehead atoms. The van der Waals surface area contributed by atoms with Gasteiger partial charge in [-0.3, -0.25) is 4.79 Å². The van der Waals surface area contributed by atoms with Crippen molar-refractivity contribution in [2.75, 3.05) is 26.3 Å². The van der Waals surface area contributed by atoms with Crippen molar-refractivity contribution in [1.29, 1.82) is 0 Å². The first kappa shape index (κ1) is 15.8. The number of carbonyl (C=O) groups excluding carboxylic acids is 1. The zero-order valence-corrected chi connectivity index (χ0v) is 11.7. The molecule has 3 N–H and O–H groups in total. The van der Waals surface area contributed by atoms with E-state index in [1.165, 1.54) is 0 Å². The Kier molecular flexibility index (Phi) is 6.08. The summed E-state index contributed by atoms with van der Waals surface area (Å²) in [5, 5.41) is 14.2.